The van der Waals surface area contributed by atoms with E-state index < -0.39 is 0 Å². The van der Waals surface area contributed by atoms with E-state index in [1.54, 1.807) is 11.3 Å². The molecule has 2 rings (SSSR count). The number of hydrogen-bond acceptors (Lipinski definition) is 2. The molecule has 0 radical (unpaired) electrons. The Kier molecular flexibility index (Phi) is 2.74. The van der Waals surface area contributed by atoms with Gasteiger partial charge in [0.1, 0.15) is 0 Å². The van der Waals surface area contributed by atoms with Crippen LogP contribution in [0.1, 0.15) is 5.56 Å². The Bertz CT molecular complexity index is 464. The molecule has 0 spiro atoms. The van der Waals surface area contributed by atoms with Crippen molar-refractivity contribution in [3.8, 4) is 0 Å². The van der Waals surface area contributed by atoms with Gasteiger partial charge in [0.25, 0.3) is 5.24 Å². The van der Waals surface area contributed by atoms with Crippen LogP contribution in [0.2, 0.25) is 0 Å². The number of thiophene rings is 1. The Morgan fingerprint density at radius 1 is 1.43 bits per heavy atom. The predicted molar refractivity (Wildman–Crippen MR) is 63.0 cm³/mol. The molecule has 2 aromatic rings. The highest BCUT2D eigenvalue weighted by atomic mass is 32.1. The van der Waals surface area contributed by atoms with Crippen LogP contribution >= 0.6 is 24.0 Å². The average Bonchev–Trinajstić information content (AvgIpc) is 2.58. The number of rotatable bonds is 2. The monoisotopic (exact) mass is 223 g/mol. The van der Waals surface area contributed by atoms with Gasteiger partial charge >= 0.3 is 0 Å². The Labute approximate surface area is 91.3 Å². The van der Waals surface area contributed by atoms with E-state index in [-0.39, 0.29) is 5.24 Å². The molecule has 1 heterocycles. The standard InChI is InChI=1S/C10H9NOS2/c12-10(13)11-5-7-6-14-9-4-2-1-3-8(7)9/h1-4,6H,5H2,(H2,11,12,13). The van der Waals surface area contributed by atoms with E-state index in [9.17, 15) is 4.79 Å². The Morgan fingerprint density at radius 3 is 3.00 bits per heavy atom. The van der Waals surface area contributed by atoms with Crippen LogP contribution < -0.4 is 5.32 Å². The molecular formula is C10H9NOS2. The van der Waals surface area contributed by atoms with E-state index in [4.69, 9.17) is 0 Å². The van der Waals surface area contributed by atoms with Crippen LogP contribution in [0.15, 0.2) is 29.6 Å². The van der Waals surface area contributed by atoms with Crippen molar-refractivity contribution in [2.24, 2.45) is 0 Å². The zero-order chi connectivity index (χ0) is 9.97. The van der Waals surface area contributed by atoms with Gasteiger partial charge in [-0.25, -0.2) is 0 Å². The average molecular weight is 223 g/mol. The Morgan fingerprint density at radius 2 is 2.21 bits per heavy atom. The van der Waals surface area contributed by atoms with Gasteiger partial charge in [0, 0.05) is 11.2 Å². The quantitative estimate of drug-likeness (QED) is 0.753. The number of carbonyl (C=O) groups is 1. The lowest BCUT2D eigenvalue weighted by Crippen LogP contribution is -2.15. The summed E-state index contributed by atoms with van der Waals surface area (Å²) >= 11 is 5.35. The molecule has 2 nitrogen and oxygen atoms in total. The molecule has 0 bridgehead atoms. The van der Waals surface area contributed by atoms with Gasteiger partial charge in [-0.2, -0.15) is 0 Å². The molecule has 1 aromatic heterocycles. The van der Waals surface area contributed by atoms with Crippen LogP contribution in [0.25, 0.3) is 10.1 Å². The first-order chi connectivity index (χ1) is 6.77. The van der Waals surface area contributed by atoms with Gasteiger partial charge < -0.3 is 5.32 Å². The largest absolute Gasteiger partial charge is 0.343 e. The van der Waals surface area contributed by atoms with Crippen LogP contribution in [-0.2, 0) is 6.54 Å². The summed E-state index contributed by atoms with van der Waals surface area (Å²) in [5, 5.41) is 5.65. The maximum absolute atomic E-state index is 10.6. The lowest BCUT2D eigenvalue weighted by molar-refractivity contribution is 0.261. The molecule has 72 valence electrons. The number of carbonyl (C=O) groups excluding carboxylic acids is 1. The highest BCUT2D eigenvalue weighted by Crippen LogP contribution is 2.25. The van der Waals surface area contributed by atoms with Crippen LogP contribution in [0.3, 0.4) is 0 Å². The molecule has 1 N–H and O–H groups in total. The zero-order valence-corrected chi connectivity index (χ0v) is 9.07. The minimum absolute atomic E-state index is 0.291. The van der Waals surface area contributed by atoms with E-state index in [0.29, 0.717) is 6.54 Å². The van der Waals surface area contributed by atoms with Crippen LogP contribution in [-0.4, -0.2) is 5.24 Å². The smallest absolute Gasteiger partial charge is 0.276 e. The maximum atomic E-state index is 10.6. The minimum atomic E-state index is -0.291. The van der Waals surface area contributed by atoms with Crippen molar-refractivity contribution in [3.63, 3.8) is 0 Å². The lowest BCUT2D eigenvalue weighted by atomic mass is 10.2. The molecular weight excluding hydrogens is 214 g/mol. The fourth-order valence-corrected chi connectivity index (χ4v) is 2.38. The third-order valence-corrected chi connectivity index (χ3v) is 3.16. The summed E-state index contributed by atoms with van der Waals surface area (Å²) in [5.41, 5.74) is 1.15. The molecule has 1 aromatic carbocycles. The van der Waals surface area contributed by atoms with Gasteiger partial charge in [0.05, 0.1) is 0 Å². The van der Waals surface area contributed by atoms with Crippen LogP contribution in [0.5, 0.6) is 0 Å². The summed E-state index contributed by atoms with van der Waals surface area (Å²) in [7, 11) is 0. The van der Waals surface area contributed by atoms with E-state index in [2.05, 4.69) is 35.5 Å². The van der Waals surface area contributed by atoms with Crippen molar-refractivity contribution >= 4 is 39.3 Å². The number of fused-ring (bicyclic) bond motifs is 1. The Hall–Kier alpha value is -1.00. The van der Waals surface area contributed by atoms with Crippen molar-refractivity contribution in [1.29, 1.82) is 0 Å². The van der Waals surface area contributed by atoms with E-state index >= 15 is 0 Å². The Balaban J connectivity index is 2.29. The van der Waals surface area contributed by atoms with Crippen molar-refractivity contribution in [2.75, 3.05) is 0 Å². The van der Waals surface area contributed by atoms with E-state index in [0.717, 1.165) is 5.56 Å². The molecule has 0 aliphatic rings. The number of benzene rings is 1. The summed E-state index contributed by atoms with van der Waals surface area (Å²) in [6.07, 6.45) is 0. The van der Waals surface area contributed by atoms with Crippen molar-refractivity contribution < 1.29 is 4.79 Å². The first-order valence-electron chi connectivity index (χ1n) is 4.19. The second-order valence-corrected chi connectivity index (χ2v) is 4.23. The third kappa shape index (κ3) is 1.91. The topological polar surface area (TPSA) is 29.1 Å². The molecule has 0 saturated carbocycles. The summed E-state index contributed by atoms with van der Waals surface area (Å²) < 4.78 is 1.25. The molecule has 0 aliphatic carbocycles. The molecule has 1 amide bonds. The number of hydrogen-bond donors (Lipinski definition) is 2. The van der Waals surface area contributed by atoms with Gasteiger partial charge in [-0.1, -0.05) is 30.8 Å². The summed E-state index contributed by atoms with van der Waals surface area (Å²) in [6, 6.07) is 8.15. The number of thiol groups is 1. The van der Waals surface area contributed by atoms with Crippen LogP contribution in [0, 0.1) is 0 Å². The molecule has 0 fully saturated rings. The molecule has 0 aliphatic heterocycles. The molecule has 0 atom stereocenters. The van der Waals surface area contributed by atoms with Crippen molar-refractivity contribution in [2.45, 2.75) is 6.54 Å². The number of amides is 1. The predicted octanol–water partition coefficient (Wildman–Crippen LogP) is 3.04. The zero-order valence-electron chi connectivity index (χ0n) is 7.36. The summed E-state index contributed by atoms with van der Waals surface area (Å²) in [4.78, 5) is 10.6. The second-order valence-electron chi connectivity index (χ2n) is 2.92. The highest BCUT2D eigenvalue weighted by Gasteiger charge is 2.02. The van der Waals surface area contributed by atoms with Crippen LogP contribution in [0.4, 0.5) is 4.79 Å². The van der Waals surface area contributed by atoms with Gasteiger partial charge in [-0.05, 0) is 22.4 Å². The van der Waals surface area contributed by atoms with Gasteiger partial charge in [0.15, 0.2) is 0 Å². The normalized spacial score (nSPS) is 10.4. The fourth-order valence-electron chi connectivity index (χ4n) is 1.34. The molecule has 0 unspecified atom stereocenters. The van der Waals surface area contributed by atoms with E-state index in [1.807, 2.05) is 12.1 Å². The fraction of sp³-hybridized carbons (Fsp3) is 0.100. The van der Waals surface area contributed by atoms with Crippen molar-refractivity contribution in [1.82, 2.24) is 5.32 Å². The lowest BCUT2D eigenvalue weighted by Gasteiger charge is -1.99. The minimum Gasteiger partial charge on any atom is -0.343 e. The summed E-state index contributed by atoms with van der Waals surface area (Å²) in [6.45, 7) is 0.548. The summed E-state index contributed by atoms with van der Waals surface area (Å²) in [5.74, 6) is 0. The molecule has 0 saturated heterocycles. The van der Waals surface area contributed by atoms with Crippen molar-refractivity contribution in [3.05, 3.63) is 35.2 Å². The maximum Gasteiger partial charge on any atom is 0.276 e. The first kappa shape index (κ1) is 9.55. The number of nitrogens with one attached hydrogen (secondary N) is 1. The second kappa shape index (κ2) is 4.02. The van der Waals surface area contributed by atoms with Gasteiger partial charge in [-0.15, -0.1) is 11.3 Å². The molecule has 4 heteroatoms. The SMILES string of the molecule is O=C(S)NCc1csc2ccccc12. The third-order valence-electron chi connectivity index (χ3n) is 1.99. The van der Waals surface area contributed by atoms with Gasteiger partial charge in [-0.3, -0.25) is 4.79 Å². The molecule has 14 heavy (non-hydrogen) atoms. The van der Waals surface area contributed by atoms with E-state index in [1.165, 1.54) is 10.1 Å². The van der Waals surface area contributed by atoms with Gasteiger partial charge in [0.2, 0.25) is 0 Å². The first-order valence-corrected chi connectivity index (χ1v) is 5.52. The highest BCUT2D eigenvalue weighted by molar-refractivity contribution is 7.96.